The third-order valence-electron chi connectivity index (χ3n) is 6.13. The average molecular weight is 540 g/mol. The number of hydrogen-bond donors (Lipinski definition) is 2. The Morgan fingerprint density at radius 1 is 0.973 bits per heavy atom. The van der Waals surface area contributed by atoms with Crippen LogP contribution < -0.4 is 14.9 Å². The van der Waals surface area contributed by atoms with Crippen molar-refractivity contribution in [2.24, 2.45) is 0 Å². The fourth-order valence-electron chi connectivity index (χ4n) is 4.15. The van der Waals surface area contributed by atoms with Crippen LogP contribution in [-0.4, -0.2) is 63.5 Å². The van der Waals surface area contributed by atoms with Crippen molar-refractivity contribution in [2.45, 2.75) is 4.90 Å². The molecule has 8 nitrogen and oxygen atoms in total. The summed E-state index contributed by atoms with van der Waals surface area (Å²) in [5.74, 6) is -0.518. The van der Waals surface area contributed by atoms with E-state index < -0.39 is 10.0 Å². The van der Waals surface area contributed by atoms with E-state index in [-0.39, 0.29) is 16.6 Å². The second-order valence-electron chi connectivity index (χ2n) is 8.69. The number of aromatic nitrogens is 1. The summed E-state index contributed by atoms with van der Waals surface area (Å²) in [7, 11) is -3.73. The third kappa shape index (κ3) is 6.07. The topological polar surface area (TPSA) is 94.6 Å². The lowest BCUT2D eigenvalue weighted by Crippen LogP contribution is -2.48. The summed E-state index contributed by atoms with van der Waals surface area (Å²) >= 11 is 1.50. The van der Waals surface area contributed by atoms with Crippen molar-refractivity contribution >= 4 is 48.3 Å². The number of thiazole rings is 1. The lowest BCUT2D eigenvalue weighted by molar-refractivity contribution is 0.0948. The Labute approximate surface area is 218 Å². The van der Waals surface area contributed by atoms with Gasteiger partial charge in [0.2, 0.25) is 0 Å². The minimum Gasteiger partial charge on any atom is -0.351 e. The molecule has 0 unspecified atom stereocenters. The van der Waals surface area contributed by atoms with E-state index in [0.717, 1.165) is 41.5 Å². The molecule has 1 amide bonds. The number of benzene rings is 3. The summed E-state index contributed by atoms with van der Waals surface area (Å²) in [6, 6.07) is 19.2. The van der Waals surface area contributed by atoms with Crippen molar-refractivity contribution < 1.29 is 17.6 Å². The summed E-state index contributed by atoms with van der Waals surface area (Å²) in [4.78, 5) is 21.9. The largest absolute Gasteiger partial charge is 0.351 e. The number of rotatable bonds is 8. The SMILES string of the molecule is O=C(NCCN1CCN(c2nc3ccc(F)cc3s2)CC1)c1cccc(NS(=O)(=O)c2ccccc2)c1. The minimum atomic E-state index is -3.73. The van der Waals surface area contributed by atoms with Crippen LogP contribution in [0.2, 0.25) is 0 Å². The molecule has 0 spiro atoms. The Balaban J connectivity index is 1.10. The highest BCUT2D eigenvalue weighted by molar-refractivity contribution is 7.92. The Bertz CT molecular complexity index is 1500. The van der Waals surface area contributed by atoms with Gasteiger partial charge in [-0.3, -0.25) is 14.4 Å². The van der Waals surface area contributed by atoms with Crippen molar-refractivity contribution in [3.05, 3.63) is 84.2 Å². The molecule has 0 bridgehead atoms. The molecule has 0 atom stereocenters. The number of fused-ring (bicyclic) bond motifs is 1. The van der Waals surface area contributed by atoms with Gasteiger partial charge >= 0.3 is 0 Å². The van der Waals surface area contributed by atoms with E-state index in [4.69, 9.17) is 0 Å². The predicted molar refractivity (Wildman–Crippen MR) is 144 cm³/mol. The second kappa shape index (κ2) is 10.8. The number of sulfonamides is 1. The number of halogens is 1. The average Bonchev–Trinajstić information content (AvgIpc) is 3.33. The Hall–Kier alpha value is -3.54. The van der Waals surface area contributed by atoms with Gasteiger partial charge in [-0.05, 0) is 48.5 Å². The fourth-order valence-corrected chi connectivity index (χ4v) is 6.26. The number of carbonyl (C=O) groups excluding carboxylic acids is 1. The van der Waals surface area contributed by atoms with E-state index in [1.807, 2.05) is 0 Å². The Kier molecular flexibility index (Phi) is 7.36. The fraction of sp³-hybridized carbons (Fsp3) is 0.231. The van der Waals surface area contributed by atoms with Crippen molar-refractivity contribution in [3.63, 3.8) is 0 Å². The van der Waals surface area contributed by atoms with Gasteiger partial charge in [0.1, 0.15) is 5.82 Å². The molecule has 0 saturated carbocycles. The van der Waals surface area contributed by atoms with E-state index in [2.05, 4.69) is 24.8 Å². The normalized spacial score (nSPS) is 14.6. The van der Waals surface area contributed by atoms with Crippen molar-refractivity contribution in [3.8, 4) is 0 Å². The molecule has 11 heteroatoms. The molecule has 192 valence electrons. The molecule has 1 aromatic heterocycles. The van der Waals surface area contributed by atoms with Crippen LogP contribution >= 0.6 is 11.3 Å². The number of carbonyl (C=O) groups is 1. The standard InChI is InChI=1S/C26H26FN5O3S2/c27-20-9-10-23-24(18-20)36-26(29-23)32-15-13-31(14-16-32)12-11-28-25(33)19-5-4-6-21(17-19)30-37(34,35)22-7-2-1-3-8-22/h1-10,17-18,30H,11-16H2,(H,28,33). The Morgan fingerprint density at radius 2 is 1.76 bits per heavy atom. The number of piperazine rings is 1. The lowest BCUT2D eigenvalue weighted by atomic mass is 10.2. The number of nitrogens with one attached hydrogen (secondary N) is 2. The highest BCUT2D eigenvalue weighted by atomic mass is 32.2. The monoisotopic (exact) mass is 539 g/mol. The molecule has 2 heterocycles. The van der Waals surface area contributed by atoms with Crippen molar-refractivity contribution in [1.29, 1.82) is 0 Å². The van der Waals surface area contributed by atoms with Crippen LogP contribution in [0.4, 0.5) is 15.2 Å². The summed E-state index contributed by atoms with van der Waals surface area (Å²) in [6.07, 6.45) is 0. The first-order valence-corrected chi connectivity index (χ1v) is 14.2. The smallest absolute Gasteiger partial charge is 0.261 e. The van der Waals surface area contributed by atoms with E-state index in [0.29, 0.717) is 24.3 Å². The summed E-state index contributed by atoms with van der Waals surface area (Å²) < 4.78 is 42.0. The number of hydrogen-bond acceptors (Lipinski definition) is 7. The molecule has 1 aliphatic rings. The van der Waals surface area contributed by atoms with Crippen molar-refractivity contribution in [1.82, 2.24) is 15.2 Å². The van der Waals surface area contributed by atoms with Crippen LogP contribution in [0.1, 0.15) is 10.4 Å². The number of nitrogens with zero attached hydrogens (tertiary/aromatic N) is 3. The zero-order chi connectivity index (χ0) is 25.8. The van der Waals surface area contributed by atoms with Gasteiger partial charge in [-0.25, -0.2) is 17.8 Å². The third-order valence-corrected chi connectivity index (χ3v) is 8.60. The number of amides is 1. The van der Waals surface area contributed by atoms with Gasteiger partial charge in [0, 0.05) is 50.5 Å². The first-order chi connectivity index (χ1) is 17.9. The van der Waals surface area contributed by atoms with Gasteiger partial charge < -0.3 is 10.2 Å². The molecule has 3 aromatic carbocycles. The molecule has 2 N–H and O–H groups in total. The molecule has 37 heavy (non-hydrogen) atoms. The second-order valence-corrected chi connectivity index (χ2v) is 11.4. The van der Waals surface area contributed by atoms with Gasteiger partial charge in [0.25, 0.3) is 15.9 Å². The highest BCUT2D eigenvalue weighted by Crippen LogP contribution is 2.29. The molecule has 5 rings (SSSR count). The number of anilines is 2. The molecule has 0 radical (unpaired) electrons. The molecule has 1 fully saturated rings. The van der Waals surface area contributed by atoms with E-state index >= 15 is 0 Å². The maximum absolute atomic E-state index is 13.5. The van der Waals surface area contributed by atoms with Crippen LogP contribution in [0.15, 0.2) is 77.7 Å². The maximum Gasteiger partial charge on any atom is 0.261 e. The maximum atomic E-state index is 13.5. The predicted octanol–water partition coefficient (Wildman–Crippen LogP) is 3.79. The lowest BCUT2D eigenvalue weighted by Gasteiger charge is -2.34. The molecule has 0 aliphatic carbocycles. The van der Waals surface area contributed by atoms with Gasteiger partial charge in [-0.2, -0.15) is 0 Å². The summed E-state index contributed by atoms with van der Waals surface area (Å²) in [5.41, 5.74) is 1.51. The van der Waals surface area contributed by atoms with Gasteiger partial charge in [0.15, 0.2) is 5.13 Å². The molecule has 1 saturated heterocycles. The first kappa shape index (κ1) is 25.1. The molecular formula is C26H26FN5O3S2. The van der Waals surface area contributed by atoms with Gasteiger partial charge in [-0.1, -0.05) is 35.6 Å². The highest BCUT2D eigenvalue weighted by Gasteiger charge is 2.20. The van der Waals surface area contributed by atoms with Gasteiger partial charge in [-0.15, -0.1) is 0 Å². The van der Waals surface area contributed by atoms with Crippen LogP contribution in [0.25, 0.3) is 10.2 Å². The van der Waals surface area contributed by atoms with Crippen LogP contribution in [0, 0.1) is 5.82 Å². The van der Waals surface area contributed by atoms with Crippen LogP contribution in [0.5, 0.6) is 0 Å². The zero-order valence-electron chi connectivity index (χ0n) is 19.9. The summed E-state index contributed by atoms with van der Waals surface area (Å²) in [5, 5.41) is 3.82. The van der Waals surface area contributed by atoms with E-state index in [9.17, 15) is 17.6 Å². The molecule has 4 aromatic rings. The zero-order valence-corrected chi connectivity index (χ0v) is 21.6. The van der Waals surface area contributed by atoms with Crippen molar-refractivity contribution in [2.75, 3.05) is 48.9 Å². The minimum absolute atomic E-state index is 0.155. The Morgan fingerprint density at radius 3 is 2.54 bits per heavy atom. The van der Waals surface area contributed by atoms with Crippen LogP contribution in [0.3, 0.4) is 0 Å². The first-order valence-electron chi connectivity index (χ1n) is 11.9. The molecular weight excluding hydrogens is 513 g/mol. The summed E-state index contributed by atoms with van der Waals surface area (Å²) in [6.45, 7) is 4.44. The quantitative estimate of drug-likeness (QED) is 0.354. The van der Waals surface area contributed by atoms with Gasteiger partial charge in [0.05, 0.1) is 15.1 Å². The van der Waals surface area contributed by atoms with E-state index in [1.165, 1.54) is 41.7 Å². The molecule has 1 aliphatic heterocycles. The van der Waals surface area contributed by atoms with E-state index in [1.54, 1.807) is 42.5 Å². The van der Waals surface area contributed by atoms with Crippen LogP contribution in [-0.2, 0) is 10.0 Å².